The number of rotatable bonds is 5. The Morgan fingerprint density at radius 3 is 2.50 bits per heavy atom. The fourth-order valence-corrected chi connectivity index (χ4v) is 2.56. The van der Waals surface area contributed by atoms with Crippen LogP contribution in [0.2, 0.25) is 5.02 Å². The molecule has 6 heteroatoms. The standard InChI is InChI=1S/C14H19ClFN3O/c15-13-9-12(16)2-1-11(13)10-19-7-5-18(6-8-19)4-3-14(17)20/h1-2,9H,3-8,10H2,(H2,17,20). The first-order chi connectivity index (χ1) is 9.54. The van der Waals surface area contributed by atoms with E-state index < -0.39 is 0 Å². The summed E-state index contributed by atoms with van der Waals surface area (Å²) in [5, 5.41) is 0.473. The number of primary amides is 1. The smallest absolute Gasteiger partial charge is 0.218 e. The highest BCUT2D eigenvalue weighted by Crippen LogP contribution is 2.19. The van der Waals surface area contributed by atoms with Crippen LogP contribution in [0.1, 0.15) is 12.0 Å². The average molecular weight is 300 g/mol. The first-order valence-electron chi connectivity index (χ1n) is 6.71. The van der Waals surface area contributed by atoms with Crippen molar-refractivity contribution in [3.05, 3.63) is 34.6 Å². The second-order valence-corrected chi connectivity index (χ2v) is 5.48. The van der Waals surface area contributed by atoms with Crippen molar-refractivity contribution >= 4 is 17.5 Å². The van der Waals surface area contributed by atoms with E-state index in [4.69, 9.17) is 17.3 Å². The van der Waals surface area contributed by atoms with Gasteiger partial charge in [0.2, 0.25) is 5.91 Å². The lowest BCUT2D eigenvalue weighted by molar-refractivity contribution is -0.118. The molecule has 20 heavy (non-hydrogen) atoms. The molecule has 1 heterocycles. The summed E-state index contributed by atoms with van der Waals surface area (Å²) in [6.45, 7) is 5.08. The van der Waals surface area contributed by atoms with Crippen LogP contribution in [0.15, 0.2) is 18.2 Å². The highest BCUT2D eigenvalue weighted by Gasteiger charge is 2.18. The highest BCUT2D eigenvalue weighted by molar-refractivity contribution is 6.31. The molecule has 1 fully saturated rings. The van der Waals surface area contributed by atoms with Gasteiger partial charge < -0.3 is 10.6 Å². The fourth-order valence-electron chi connectivity index (χ4n) is 2.33. The van der Waals surface area contributed by atoms with Gasteiger partial charge in [0, 0.05) is 50.7 Å². The van der Waals surface area contributed by atoms with Gasteiger partial charge in [0.25, 0.3) is 0 Å². The largest absolute Gasteiger partial charge is 0.370 e. The second-order valence-electron chi connectivity index (χ2n) is 5.07. The Morgan fingerprint density at radius 1 is 1.25 bits per heavy atom. The van der Waals surface area contributed by atoms with Crippen LogP contribution in [0.25, 0.3) is 0 Å². The number of piperazine rings is 1. The fraction of sp³-hybridized carbons (Fsp3) is 0.500. The molecule has 1 aromatic carbocycles. The first-order valence-corrected chi connectivity index (χ1v) is 7.09. The molecule has 0 aliphatic carbocycles. The number of carbonyl (C=O) groups excluding carboxylic acids is 1. The van der Waals surface area contributed by atoms with Crippen molar-refractivity contribution in [1.82, 2.24) is 9.80 Å². The summed E-state index contributed by atoms with van der Waals surface area (Å²) in [6.07, 6.45) is 0.407. The normalized spacial score (nSPS) is 17.3. The highest BCUT2D eigenvalue weighted by atomic mass is 35.5. The third-order valence-electron chi connectivity index (χ3n) is 3.55. The van der Waals surface area contributed by atoms with Gasteiger partial charge in [-0.3, -0.25) is 9.69 Å². The second kappa shape index (κ2) is 7.02. The van der Waals surface area contributed by atoms with Crippen molar-refractivity contribution in [3.8, 4) is 0 Å². The zero-order chi connectivity index (χ0) is 14.5. The molecule has 0 atom stereocenters. The SMILES string of the molecule is NC(=O)CCN1CCN(Cc2ccc(F)cc2Cl)CC1. The first kappa shape index (κ1) is 15.2. The van der Waals surface area contributed by atoms with Crippen molar-refractivity contribution in [1.29, 1.82) is 0 Å². The molecule has 1 saturated heterocycles. The molecule has 1 aliphatic heterocycles. The van der Waals surface area contributed by atoms with Gasteiger partial charge in [-0.15, -0.1) is 0 Å². The number of carbonyl (C=O) groups is 1. The van der Waals surface area contributed by atoms with Crippen LogP contribution < -0.4 is 5.73 Å². The van der Waals surface area contributed by atoms with Gasteiger partial charge in [-0.2, -0.15) is 0 Å². The Hall–Kier alpha value is -1.17. The van der Waals surface area contributed by atoms with Crippen molar-refractivity contribution in [2.45, 2.75) is 13.0 Å². The van der Waals surface area contributed by atoms with E-state index in [1.807, 2.05) is 0 Å². The Balaban J connectivity index is 1.80. The number of hydrogen-bond acceptors (Lipinski definition) is 3. The van der Waals surface area contributed by atoms with Crippen LogP contribution in [-0.4, -0.2) is 48.4 Å². The Labute approximate surface area is 123 Å². The van der Waals surface area contributed by atoms with E-state index in [9.17, 15) is 9.18 Å². The van der Waals surface area contributed by atoms with Gasteiger partial charge in [0.15, 0.2) is 0 Å². The molecule has 1 amide bonds. The van der Waals surface area contributed by atoms with E-state index in [-0.39, 0.29) is 11.7 Å². The molecule has 0 bridgehead atoms. The maximum absolute atomic E-state index is 13.0. The van der Waals surface area contributed by atoms with Gasteiger partial charge >= 0.3 is 0 Å². The lowest BCUT2D eigenvalue weighted by atomic mass is 10.2. The Kier molecular flexibility index (Phi) is 5.34. The minimum atomic E-state index is -0.310. The van der Waals surface area contributed by atoms with Crippen LogP contribution in [0, 0.1) is 5.82 Å². The van der Waals surface area contributed by atoms with E-state index in [0.29, 0.717) is 11.4 Å². The van der Waals surface area contributed by atoms with Gasteiger partial charge in [-0.1, -0.05) is 17.7 Å². The van der Waals surface area contributed by atoms with Crippen LogP contribution in [0.5, 0.6) is 0 Å². The maximum atomic E-state index is 13.0. The van der Waals surface area contributed by atoms with Crippen LogP contribution >= 0.6 is 11.6 Å². The summed E-state index contributed by atoms with van der Waals surface area (Å²) in [4.78, 5) is 15.3. The quantitative estimate of drug-likeness (QED) is 0.896. The summed E-state index contributed by atoms with van der Waals surface area (Å²) in [6, 6.07) is 4.52. The lowest BCUT2D eigenvalue weighted by Crippen LogP contribution is -2.46. The average Bonchev–Trinajstić information content (AvgIpc) is 2.41. The number of benzene rings is 1. The topological polar surface area (TPSA) is 49.6 Å². The van der Waals surface area contributed by atoms with E-state index >= 15 is 0 Å². The molecule has 0 saturated carbocycles. The zero-order valence-corrected chi connectivity index (χ0v) is 12.1. The van der Waals surface area contributed by atoms with Crippen molar-refractivity contribution in [2.75, 3.05) is 32.7 Å². The lowest BCUT2D eigenvalue weighted by Gasteiger charge is -2.34. The van der Waals surface area contributed by atoms with Crippen LogP contribution in [-0.2, 0) is 11.3 Å². The summed E-state index contributed by atoms with van der Waals surface area (Å²) in [5.41, 5.74) is 6.09. The Morgan fingerprint density at radius 2 is 1.90 bits per heavy atom. The molecule has 0 spiro atoms. The monoisotopic (exact) mass is 299 g/mol. The summed E-state index contributed by atoms with van der Waals surface area (Å²) in [5.74, 6) is -0.569. The summed E-state index contributed by atoms with van der Waals surface area (Å²) < 4.78 is 13.0. The van der Waals surface area contributed by atoms with Crippen LogP contribution in [0.3, 0.4) is 0 Å². The molecule has 110 valence electrons. The predicted molar refractivity (Wildman–Crippen MR) is 76.9 cm³/mol. The molecular weight excluding hydrogens is 281 g/mol. The molecule has 2 N–H and O–H groups in total. The number of nitrogens with zero attached hydrogens (tertiary/aromatic N) is 2. The number of amides is 1. The molecule has 1 aliphatic rings. The molecule has 0 aromatic heterocycles. The van der Waals surface area contributed by atoms with Crippen molar-refractivity contribution in [3.63, 3.8) is 0 Å². The number of nitrogens with two attached hydrogens (primary N) is 1. The third-order valence-corrected chi connectivity index (χ3v) is 3.90. The summed E-state index contributed by atoms with van der Waals surface area (Å²) >= 11 is 6.03. The van der Waals surface area contributed by atoms with Gasteiger partial charge in [0.1, 0.15) is 5.82 Å². The van der Waals surface area contributed by atoms with Crippen molar-refractivity contribution in [2.24, 2.45) is 5.73 Å². The molecular formula is C14H19ClFN3O. The molecule has 0 radical (unpaired) electrons. The minimum Gasteiger partial charge on any atom is -0.370 e. The maximum Gasteiger partial charge on any atom is 0.218 e. The predicted octanol–water partition coefficient (Wildman–Crippen LogP) is 1.47. The molecule has 1 aromatic rings. The van der Waals surface area contributed by atoms with E-state index in [1.54, 1.807) is 6.07 Å². The van der Waals surface area contributed by atoms with E-state index in [2.05, 4.69) is 9.80 Å². The van der Waals surface area contributed by atoms with E-state index in [0.717, 1.165) is 44.8 Å². The van der Waals surface area contributed by atoms with Gasteiger partial charge in [-0.05, 0) is 17.7 Å². The zero-order valence-electron chi connectivity index (χ0n) is 11.3. The number of halogens is 2. The Bertz CT molecular complexity index is 475. The van der Waals surface area contributed by atoms with Gasteiger partial charge in [-0.25, -0.2) is 4.39 Å². The molecule has 4 nitrogen and oxygen atoms in total. The van der Waals surface area contributed by atoms with Gasteiger partial charge in [0.05, 0.1) is 0 Å². The summed E-state index contributed by atoms with van der Waals surface area (Å²) in [7, 11) is 0. The minimum absolute atomic E-state index is 0.259. The van der Waals surface area contributed by atoms with Crippen LogP contribution in [0.4, 0.5) is 4.39 Å². The third kappa shape index (κ3) is 4.44. The molecule has 2 rings (SSSR count). The number of hydrogen-bond donors (Lipinski definition) is 1. The van der Waals surface area contributed by atoms with E-state index in [1.165, 1.54) is 12.1 Å². The molecule has 0 unspecified atom stereocenters. The van der Waals surface area contributed by atoms with Crippen molar-refractivity contribution < 1.29 is 9.18 Å².